The molecular formula is C11H11BrN2O2S. The molecule has 2 rings (SSSR count). The van der Waals surface area contributed by atoms with Gasteiger partial charge in [0.1, 0.15) is 0 Å². The number of imidazole rings is 1. The van der Waals surface area contributed by atoms with Crippen molar-refractivity contribution >= 4 is 45.2 Å². The molecule has 2 aromatic rings. The number of hydrogen-bond donors (Lipinski definition) is 1. The number of H-pyrrole nitrogens is 1. The third kappa shape index (κ3) is 2.58. The molecule has 17 heavy (non-hydrogen) atoms. The van der Waals surface area contributed by atoms with Crippen molar-refractivity contribution in [2.24, 2.45) is 0 Å². The molecule has 0 aliphatic carbocycles. The highest BCUT2D eigenvalue weighted by Gasteiger charge is 2.07. The molecular weight excluding hydrogens is 304 g/mol. The Kier molecular flexibility index (Phi) is 3.63. The number of aromatic nitrogens is 2. The standard InChI is InChI=1S/C11H11BrN2O2S/c1-16-10(15)4-5-14-9-6-7(12)2-3-8(9)13-11(14)17/h2-3,6H,4-5H2,1H3,(H,13,17). The molecule has 6 heteroatoms. The van der Waals surface area contributed by atoms with Crippen LogP contribution in [0.3, 0.4) is 0 Å². The van der Waals surface area contributed by atoms with E-state index in [0.717, 1.165) is 15.5 Å². The number of ether oxygens (including phenoxy) is 1. The Bertz CT molecular complexity index is 617. The van der Waals surface area contributed by atoms with Gasteiger partial charge in [-0.3, -0.25) is 4.79 Å². The maximum Gasteiger partial charge on any atom is 0.307 e. The normalized spacial score (nSPS) is 10.7. The Hall–Kier alpha value is -1.14. The lowest BCUT2D eigenvalue weighted by atomic mass is 10.3. The average Bonchev–Trinajstić information content (AvgIpc) is 2.61. The molecule has 0 unspecified atom stereocenters. The Balaban J connectivity index is 2.38. The van der Waals surface area contributed by atoms with Crippen molar-refractivity contribution in [1.82, 2.24) is 9.55 Å². The number of carbonyl (C=O) groups excluding carboxylic acids is 1. The van der Waals surface area contributed by atoms with E-state index in [2.05, 4.69) is 25.7 Å². The van der Waals surface area contributed by atoms with Crippen molar-refractivity contribution in [3.63, 3.8) is 0 Å². The summed E-state index contributed by atoms with van der Waals surface area (Å²) in [6.45, 7) is 0.516. The molecule has 4 nitrogen and oxygen atoms in total. The van der Waals surface area contributed by atoms with Crippen LogP contribution < -0.4 is 0 Å². The number of nitrogens with zero attached hydrogens (tertiary/aromatic N) is 1. The number of aromatic amines is 1. The third-order valence-corrected chi connectivity index (χ3v) is 3.32. The van der Waals surface area contributed by atoms with Gasteiger partial charge in [-0.25, -0.2) is 0 Å². The van der Waals surface area contributed by atoms with Crippen LogP contribution in [0, 0.1) is 4.77 Å². The predicted octanol–water partition coefficient (Wildman–Crippen LogP) is 3.02. The zero-order valence-corrected chi connectivity index (χ0v) is 11.6. The van der Waals surface area contributed by atoms with Crippen molar-refractivity contribution in [2.45, 2.75) is 13.0 Å². The van der Waals surface area contributed by atoms with E-state index in [9.17, 15) is 4.79 Å². The van der Waals surface area contributed by atoms with Crippen LogP contribution in [-0.4, -0.2) is 22.6 Å². The first-order chi connectivity index (χ1) is 8.11. The minimum absolute atomic E-state index is 0.240. The largest absolute Gasteiger partial charge is 0.469 e. The van der Waals surface area contributed by atoms with Crippen LogP contribution in [0.15, 0.2) is 22.7 Å². The molecule has 0 atom stereocenters. The zero-order chi connectivity index (χ0) is 12.4. The minimum Gasteiger partial charge on any atom is -0.469 e. The highest BCUT2D eigenvalue weighted by atomic mass is 79.9. The summed E-state index contributed by atoms with van der Waals surface area (Å²) in [5, 5.41) is 0. The van der Waals surface area contributed by atoms with Crippen LogP contribution in [-0.2, 0) is 16.1 Å². The number of aryl methyl sites for hydroxylation is 1. The van der Waals surface area contributed by atoms with E-state index < -0.39 is 0 Å². The average molecular weight is 315 g/mol. The first-order valence-electron chi connectivity index (χ1n) is 5.06. The second-order valence-corrected chi connectivity index (χ2v) is 4.87. The number of benzene rings is 1. The molecule has 0 saturated heterocycles. The number of hydrogen-bond acceptors (Lipinski definition) is 3. The van der Waals surface area contributed by atoms with Gasteiger partial charge in [-0.05, 0) is 30.4 Å². The topological polar surface area (TPSA) is 47.0 Å². The molecule has 1 N–H and O–H groups in total. The van der Waals surface area contributed by atoms with Crippen LogP contribution >= 0.6 is 28.1 Å². The quantitative estimate of drug-likeness (QED) is 0.699. The fourth-order valence-corrected chi connectivity index (χ4v) is 2.30. The molecule has 0 amide bonds. The fourth-order valence-electron chi connectivity index (χ4n) is 1.65. The maximum atomic E-state index is 11.1. The molecule has 90 valence electrons. The van der Waals surface area contributed by atoms with Gasteiger partial charge >= 0.3 is 5.97 Å². The van der Waals surface area contributed by atoms with Crippen molar-refractivity contribution in [3.8, 4) is 0 Å². The number of esters is 1. The summed E-state index contributed by atoms with van der Waals surface area (Å²) in [6, 6.07) is 5.86. The Morgan fingerprint density at radius 3 is 3.06 bits per heavy atom. The molecule has 1 heterocycles. The number of carbonyl (C=O) groups is 1. The molecule has 0 aliphatic rings. The molecule has 1 aromatic heterocycles. The first kappa shape index (κ1) is 12.3. The van der Waals surface area contributed by atoms with Gasteiger partial charge in [0.05, 0.1) is 24.6 Å². The van der Waals surface area contributed by atoms with E-state index in [1.54, 1.807) is 0 Å². The maximum absolute atomic E-state index is 11.1. The van der Waals surface area contributed by atoms with Crippen LogP contribution in [0.5, 0.6) is 0 Å². The van der Waals surface area contributed by atoms with Gasteiger partial charge < -0.3 is 14.3 Å². The zero-order valence-electron chi connectivity index (χ0n) is 9.20. The number of fused-ring (bicyclic) bond motifs is 1. The van der Waals surface area contributed by atoms with Crippen LogP contribution in [0.4, 0.5) is 0 Å². The summed E-state index contributed by atoms with van der Waals surface area (Å²) in [7, 11) is 1.38. The molecule has 0 aliphatic heterocycles. The second-order valence-electron chi connectivity index (χ2n) is 3.57. The SMILES string of the molecule is COC(=O)CCn1c(=S)[nH]c2ccc(Br)cc21. The van der Waals surface area contributed by atoms with Crippen molar-refractivity contribution in [3.05, 3.63) is 27.4 Å². The number of halogens is 1. The Labute approximate surface area is 112 Å². The smallest absolute Gasteiger partial charge is 0.307 e. The van der Waals surface area contributed by atoms with E-state index in [0.29, 0.717) is 17.7 Å². The number of nitrogens with one attached hydrogen (secondary N) is 1. The summed E-state index contributed by atoms with van der Waals surface area (Å²) in [4.78, 5) is 14.2. The predicted molar refractivity (Wildman–Crippen MR) is 71.5 cm³/mol. The molecule has 0 spiro atoms. The van der Waals surface area contributed by atoms with E-state index in [-0.39, 0.29) is 5.97 Å². The molecule has 1 aromatic carbocycles. The van der Waals surface area contributed by atoms with Crippen molar-refractivity contribution in [2.75, 3.05) is 7.11 Å². The van der Waals surface area contributed by atoms with E-state index in [1.807, 2.05) is 22.8 Å². The van der Waals surface area contributed by atoms with Gasteiger partial charge in [0.25, 0.3) is 0 Å². The Morgan fingerprint density at radius 2 is 2.35 bits per heavy atom. The second kappa shape index (κ2) is 5.01. The van der Waals surface area contributed by atoms with Crippen LogP contribution in [0.2, 0.25) is 0 Å². The molecule has 0 fully saturated rings. The van der Waals surface area contributed by atoms with Gasteiger partial charge in [-0.1, -0.05) is 15.9 Å². The lowest BCUT2D eigenvalue weighted by Gasteiger charge is -2.03. The van der Waals surface area contributed by atoms with E-state index in [4.69, 9.17) is 12.2 Å². The van der Waals surface area contributed by atoms with Gasteiger partial charge in [-0.2, -0.15) is 0 Å². The monoisotopic (exact) mass is 314 g/mol. The summed E-state index contributed by atoms with van der Waals surface area (Å²) >= 11 is 8.64. The summed E-state index contributed by atoms with van der Waals surface area (Å²) < 4.78 is 8.10. The molecule has 0 bridgehead atoms. The van der Waals surface area contributed by atoms with E-state index >= 15 is 0 Å². The number of methoxy groups -OCH3 is 1. The third-order valence-electron chi connectivity index (χ3n) is 2.50. The lowest BCUT2D eigenvalue weighted by molar-refractivity contribution is -0.140. The van der Waals surface area contributed by atoms with Crippen LogP contribution in [0.1, 0.15) is 6.42 Å². The van der Waals surface area contributed by atoms with Gasteiger partial charge in [-0.15, -0.1) is 0 Å². The van der Waals surface area contributed by atoms with Crippen molar-refractivity contribution < 1.29 is 9.53 Å². The van der Waals surface area contributed by atoms with Gasteiger partial charge in [0.15, 0.2) is 4.77 Å². The summed E-state index contributed by atoms with van der Waals surface area (Å²) in [5.41, 5.74) is 1.94. The first-order valence-corrected chi connectivity index (χ1v) is 6.27. The summed E-state index contributed by atoms with van der Waals surface area (Å²) in [6.07, 6.45) is 0.310. The molecule has 0 radical (unpaired) electrons. The van der Waals surface area contributed by atoms with Gasteiger partial charge in [0.2, 0.25) is 0 Å². The van der Waals surface area contributed by atoms with Crippen LogP contribution in [0.25, 0.3) is 11.0 Å². The van der Waals surface area contributed by atoms with E-state index in [1.165, 1.54) is 7.11 Å². The highest BCUT2D eigenvalue weighted by molar-refractivity contribution is 9.10. The minimum atomic E-state index is -0.240. The van der Waals surface area contributed by atoms with Crippen molar-refractivity contribution in [1.29, 1.82) is 0 Å². The lowest BCUT2D eigenvalue weighted by Crippen LogP contribution is -2.06. The molecule has 0 saturated carbocycles. The Morgan fingerprint density at radius 1 is 1.59 bits per heavy atom. The summed E-state index contributed by atoms with van der Waals surface area (Å²) in [5.74, 6) is -0.240. The fraction of sp³-hybridized carbons (Fsp3) is 0.273. The highest BCUT2D eigenvalue weighted by Crippen LogP contribution is 2.20. The number of rotatable bonds is 3. The van der Waals surface area contributed by atoms with Gasteiger partial charge in [0, 0.05) is 11.0 Å².